The fraction of sp³-hybridized carbons (Fsp3) is 0.476. The number of fused-ring (bicyclic) bond motifs is 2. The Bertz CT molecular complexity index is 1070. The highest BCUT2D eigenvalue weighted by Gasteiger charge is 2.70. The highest BCUT2D eigenvalue weighted by molar-refractivity contribution is 6.67. The van der Waals surface area contributed by atoms with Gasteiger partial charge in [-0.2, -0.15) is 0 Å². The van der Waals surface area contributed by atoms with E-state index >= 15 is 0 Å². The lowest BCUT2D eigenvalue weighted by Gasteiger charge is -2.43. The number of carbonyl (C=O) groups is 5. The maximum absolute atomic E-state index is 12.8. The Morgan fingerprint density at radius 2 is 1.91 bits per heavy atom. The normalized spacial score (nSPS) is 23.8. The minimum absolute atomic E-state index is 0.0279. The molecule has 0 aromatic heterocycles. The maximum atomic E-state index is 12.8. The number of carboxylic acids is 1. The highest BCUT2D eigenvalue weighted by Crippen LogP contribution is 2.41. The molecule has 0 spiro atoms. The van der Waals surface area contributed by atoms with E-state index in [4.69, 9.17) is 32.5 Å². The first-order chi connectivity index (χ1) is 16.4. The lowest BCUT2D eigenvalue weighted by molar-refractivity contribution is -0.158. The number of amides is 3. The molecule has 2 aliphatic heterocycles. The molecule has 1 aromatic rings. The summed E-state index contributed by atoms with van der Waals surface area (Å²) in [6, 6.07) is 4.34. The summed E-state index contributed by atoms with van der Waals surface area (Å²) in [5.74, 6) is -4.37. The van der Waals surface area contributed by atoms with E-state index in [0.717, 1.165) is 0 Å². The van der Waals surface area contributed by atoms with Crippen molar-refractivity contribution in [3.8, 4) is 0 Å². The van der Waals surface area contributed by atoms with Crippen LogP contribution in [-0.2, 0) is 28.5 Å². The fourth-order valence-electron chi connectivity index (χ4n) is 4.12. The summed E-state index contributed by atoms with van der Waals surface area (Å²) < 4.78 is 15.3. The minimum Gasteiger partial charge on any atom is -0.715 e. The van der Waals surface area contributed by atoms with Gasteiger partial charge in [0.15, 0.2) is 0 Å². The van der Waals surface area contributed by atoms with E-state index in [-0.39, 0.29) is 22.9 Å². The number of nitrogens with one attached hydrogen (secondary N) is 3. The molecule has 3 atom stereocenters. The van der Waals surface area contributed by atoms with Crippen molar-refractivity contribution < 1.29 is 37.9 Å². The lowest BCUT2D eigenvalue weighted by Crippen LogP contribution is -2.66. The molecule has 3 amide bonds. The molecule has 190 valence electrons. The molecule has 0 radical (unpaired) electrons. The van der Waals surface area contributed by atoms with E-state index in [1.165, 1.54) is 25.2 Å². The standard InChI is InChI=1S/C21H26BCl2N3O8/c1-11(2)6-15(27-17(29)10-26-19(31)13-7-12(23)4-5-14(13)24)22-33-18(30)9-21(35-22,20(32)34-22)8-16(28)25-3/h4-5,7,11,15,34H,6,8-10H2,1-3H3,(H,25,28)(H,26,31)(H,27,29)/t15-,21-,22?/m0/s1. The predicted octanol–water partition coefficient (Wildman–Crippen LogP) is 0.639. The monoisotopic (exact) mass is 529 g/mol. The molecule has 14 heteroatoms. The van der Waals surface area contributed by atoms with Crippen LogP contribution in [0.1, 0.15) is 43.5 Å². The molecule has 4 N–H and O–H groups in total. The van der Waals surface area contributed by atoms with Crippen LogP contribution in [0.2, 0.25) is 10.0 Å². The number of halogens is 2. The number of carbonyl (C=O) groups excluding carboxylic acids is 4. The van der Waals surface area contributed by atoms with Gasteiger partial charge in [-0.1, -0.05) is 43.5 Å². The van der Waals surface area contributed by atoms with Crippen LogP contribution < -0.4 is 16.0 Å². The summed E-state index contributed by atoms with van der Waals surface area (Å²) in [6.45, 7) is 0.296. The van der Waals surface area contributed by atoms with Crippen molar-refractivity contribution in [2.75, 3.05) is 13.6 Å². The Kier molecular flexibility index (Phi) is 7.98. The smallest absolute Gasteiger partial charge is 0.594 e. The van der Waals surface area contributed by atoms with Crippen LogP contribution in [0.3, 0.4) is 0 Å². The van der Waals surface area contributed by atoms with Gasteiger partial charge < -0.3 is 29.9 Å². The molecular formula is C21H26BCl2N3O8. The van der Waals surface area contributed by atoms with Gasteiger partial charge in [-0.3, -0.25) is 19.2 Å². The van der Waals surface area contributed by atoms with Gasteiger partial charge in [-0.15, -0.1) is 0 Å². The number of aliphatic carboxylic acids is 1. The average molecular weight is 530 g/mol. The van der Waals surface area contributed by atoms with Crippen molar-refractivity contribution in [1.29, 1.82) is 0 Å². The van der Waals surface area contributed by atoms with Gasteiger partial charge in [0, 0.05) is 22.8 Å². The highest BCUT2D eigenvalue weighted by atomic mass is 35.5. The number of hydrogen-bond donors (Lipinski definition) is 3. The summed E-state index contributed by atoms with van der Waals surface area (Å²) >= 11 is 11.9. The van der Waals surface area contributed by atoms with Crippen LogP contribution >= 0.6 is 23.2 Å². The molecule has 3 rings (SSSR count). The van der Waals surface area contributed by atoms with Crippen molar-refractivity contribution in [2.24, 2.45) is 5.92 Å². The van der Waals surface area contributed by atoms with Gasteiger partial charge in [-0.25, -0.2) is 0 Å². The van der Waals surface area contributed by atoms with E-state index in [2.05, 4.69) is 20.6 Å². The van der Waals surface area contributed by atoms with Gasteiger partial charge in [0.2, 0.25) is 17.4 Å². The summed E-state index contributed by atoms with van der Waals surface area (Å²) in [5.41, 5.74) is -1.69. The molecule has 1 unspecified atom stereocenters. The van der Waals surface area contributed by atoms with Crippen molar-refractivity contribution in [3.63, 3.8) is 0 Å². The van der Waals surface area contributed by atoms with Crippen molar-refractivity contribution in [3.05, 3.63) is 33.8 Å². The third-order valence-corrected chi connectivity index (χ3v) is 6.26. The molecule has 2 bridgehead atoms. The van der Waals surface area contributed by atoms with E-state index in [1.54, 1.807) is 0 Å². The first-order valence-electron chi connectivity index (χ1n) is 11.0. The number of hydrogen-bond acceptors (Lipinski definition) is 7. The molecule has 11 nitrogen and oxygen atoms in total. The van der Waals surface area contributed by atoms with Crippen LogP contribution in [0.25, 0.3) is 0 Å². The van der Waals surface area contributed by atoms with Gasteiger partial charge in [0.25, 0.3) is 11.9 Å². The Morgan fingerprint density at radius 1 is 1.20 bits per heavy atom. The summed E-state index contributed by atoms with van der Waals surface area (Å²) in [6.07, 6.45) is -0.645. The second-order valence-corrected chi connectivity index (χ2v) is 9.75. The van der Waals surface area contributed by atoms with Gasteiger partial charge in [-0.05, 0) is 24.1 Å². The van der Waals surface area contributed by atoms with Crippen LogP contribution in [0.4, 0.5) is 0 Å². The minimum atomic E-state index is -2.96. The molecule has 2 aliphatic rings. The molecule has 0 saturated carbocycles. The van der Waals surface area contributed by atoms with Crippen molar-refractivity contribution in [2.45, 2.75) is 44.7 Å². The summed E-state index contributed by atoms with van der Waals surface area (Å²) in [7, 11) is 1.39. The van der Waals surface area contributed by atoms with Gasteiger partial charge >= 0.3 is 12.7 Å². The van der Waals surface area contributed by atoms with Crippen LogP contribution in [0.5, 0.6) is 0 Å². The first kappa shape index (κ1) is 26.8. The summed E-state index contributed by atoms with van der Waals surface area (Å²) in [5, 5.41) is 7.95. The fourth-order valence-corrected chi connectivity index (χ4v) is 4.50. The second kappa shape index (κ2) is 10.4. The predicted molar refractivity (Wildman–Crippen MR) is 126 cm³/mol. The average Bonchev–Trinajstić information content (AvgIpc) is 2.98. The molecule has 0 aliphatic carbocycles. The molecule has 2 heterocycles. The quantitative estimate of drug-likeness (QED) is 0.313. The Labute approximate surface area is 211 Å². The zero-order valence-corrected chi connectivity index (χ0v) is 20.9. The zero-order chi connectivity index (χ0) is 26.0. The molecule has 35 heavy (non-hydrogen) atoms. The molecule has 1 aromatic carbocycles. The van der Waals surface area contributed by atoms with Crippen molar-refractivity contribution >= 4 is 59.6 Å². The number of rotatable bonds is 9. The lowest BCUT2D eigenvalue weighted by atomic mass is 9.64. The van der Waals surface area contributed by atoms with E-state index in [0.29, 0.717) is 5.02 Å². The topological polar surface area (TPSA) is 153 Å². The van der Waals surface area contributed by atoms with Crippen LogP contribution in [0, 0.1) is 5.92 Å². The second-order valence-electron chi connectivity index (χ2n) is 8.90. The largest absolute Gasteiger partial charge is 0.715 e. The van der Waals surface area contributed by atoms with E-state index in [9.17, 15) is 24.0 Å². The van der Waals surface area contributed by atoms with Crippen molar-refractivity contribution in [1.82, 2.24) is 16.0 Å². The first-order valence-corrected chi connectivity index (χ1v) is 11.7. The zero-order valence-electron chi connectivity index (χ0n) is 19.4. The SMILES string of the molecule is CNC(=O)C[C@@]12CC(=O)O[B-]([C@H](CC(C)C)NC(=O)CNC(=O)c3cc(Cl)ccc3Cl)(O1)[OH+]C2=O. The third-order valence-electron chi connectivity index (χ3n) is 5.70. The Morgan fingerprint density at radius 3 is 2.57 bits per heavy atom. The van der Waals surface area contributed by atoms with Gasteiger partial charge in [0.05, 0.1) is 30.0 Å². The van der Waals surface area contributed by atoms with Crippen LogP contribution in [-0.4, -0.2) is 66.2 Å². The van der Waals surface area contributed by atoms with E-state index in [1.807, 2.05) is 13.8 Å². The maximum Gasteiger partial charge on any atom is 0.594 e. The molecule has 2 saturated heterocycles. The summed E-state index contributed by atoms with van der Waals surface area (Å²) in [4.78, 5) is 62.4. The third kappa shape index (κ3) is 5.88. The Hall–Kier alpha value is -2.83. The van der Waals surface area contributed by atoms with Gasteiger partial charge in [0.1, 0.15) is 0 Å². The number of benzene rings is 1. The molecular weight excluding hydrogens is 504 g/mol. The van der Waals surface area contributed by atoms with E-state index < -0.39 is 67.3 Å². The van der Waals surface area contributed by atoms with Crippen LogP contribution in [0.15, 0.2) is 18.2 Å². The molecule has 2 fully saturated rings. The Balaban J connectivity index is 1.76.